The highest BCUT2D eigenvalue weighted by Gasteiger charge is 2.46. The van der Waals surface area contributed by atoms with Crippen molar-refractivity contribution in [2.45, 2.75) is 50.9 Å². The summed E-state index contributed by atoms with van der Waals surface area (Å²) >= 11 is 6.20. The fourth-order valence-electron chi connectivity index (χ4n) is 4.49. The molecule has 1 fully saturated rings. The van der Waals surface area contributed by atoms with Crippen LogP contribution in [0.1, 0.15) is 49.4 Å². The summed E-state index contributed by atoms with van der Waals surface area (Å²) in [5.41, 5.74) is -0.940. The van der Waals surface area contributed by atoms with Crippen LogP contribution in [0.3, 0.4) is 0 Å². The Balaban J connectivity index is 1.71. The van der Waals surface area contributed by atoms with Crippen LogP contribution in [-0.4, -0.2) is 35.9 Å². The lowest BCUT2D eigenvalue weighted by molar-refractivity contribution is -0.286. The van der Waals surface area contributed by atoms with Gasteiger partial charge >= 0.3 is 12.3 Å². The van der Waals surface area contributed by atoms with E-state index in [1.54, 1.807) is 12.1 Å². The Hall–Kier alpha value is -3.07. The van der Waals surface area contributed by atoms with Crippen LogP contribution in [0.2, 0.25) is 5.02 Å². The number of hydrogen-bond donors (Lipinski definition) is 2. The Labute approximate surface area is 199 Å². The van der Waals surface area contributed by atoms with E-state index in [9.17, 15) is 23.5 Å². The van der Waals surface area contributed by atoms with Crippen LogP contribution in [0, 0.1) is 5.92 Å². The molecule has 2 N–H and O–H groups in total. The van der Waals surface area contributed by atoms with Crippen molar-refractivity contribution in [2.24, 2.45) is 5.92 Å². The predicted molar refractivity (Wildman–Crippen MR) is 120 cm³/mol. The molecule has 2 aliphatic rings. The van der Waals surface area contributed by atoms with E-state index in [0.29, 0.717) is 30.1 Å². The highest BCUT2D eigenvalue weighted by atomic mass is 35.5. The number of carbonyl (C=O) groups excluding carboxylic acids is 1. The van der Waals surface area contributed by atoms with Gasteiger partial charge in [0.1, 0.15) is 11.3 Å². The van der Waals surface area contributed by atoms with E-state index in [0.717, 1.165) is 12.5 Å². The lowest BCUT2D eigenvalue weighted by Crippen LogP contribution is -2.56. The summed E-state index contributed by atoms with van der Waals surface area (Å²) in [6, 6.07) is 7.09. The van der Waals surface area contributed by atoms with Crippen molar-refractivity contribution in [3.8, 4) is 28.4 Å². The number of methoxy groups -OCH3 is 1. The third kappa shape index (κ3) is 4.49. The number of carbonyl (C=O) groups is 2. The lowest BCUT2D eigenvalue weighted by Gasteiger charge is -2.37. The summed E-state index contributed by atoms with van der Waals surface area (Å²) < 4.78 is 42.2. The molecule has 2 aromatic carbocycles. The number of fused-ring (bicyclic) bond motifs is 1. The molecule has 34 heavy (non-hydrogen) atoms. The van der Waals surface area contributed by atoms with E-state index >= 15 is 0 Å². The molecular formula is C24H24ClF2NO6. The summed E-state index contributed by atoms with van der Waals surface area (Å²) in [7, 11) is 1.44. The number of rotatable bonds is 6. The molecule has 10 heteroatoms. The van der Waals surface area contributed by atoms with Gasteiger partial charge in [0.15, 0.2) is 11.5 Å². The molecular weight excluding hydrogens is 472 g/mol. The maximum absolute atomic E-state index is 13.9. The Morgan fingerprint density at radius 1 is 1.21 bits per heavy atom. The fourth-order valence-corrected chi connectivity index (χ4v) is 4.75. The number of alkyl halides is 2. The first-order chi connectivity index (χ1) is 16.1. The molecule has 4 rings (SSSR count). The van der Waals surface area contributed by atoms with Gasteiger partial charge in [0.25, 0.3) is 5.91 Å². The molecule has 2 aromatic rings. The highest BCUT2D eigenvalue weighted by Crippen LogP contribution is 2.49. The van der Waals surface area contributed by atoms with Crippen LogP contribution in [0.15, 0.2) is 30.3 Å². The maximum atomic E-state index is 13.9. The number of amides is 1. The molecule has 1 saturated carbocycles. The topological polar surface area (TPSA) is 94.1 Å². The lowest BCUT2D eigenvalue weighted by atomic mass is 9.75. The van der Waals surface area contributed by atoms with E-state index in [-0.39, 0.29) is 40.5 Å². The fraction of sp³-hybridized carbons (Fsp3) is 0.417. The van der Waals surface area contributed by atoms with Gasteiger partial charge in [-0.1, -0.05) is 31.0 Å². The molecule has 182 valence electrons. The molecule has 0 radical (unpaired) electrons. The maximum Gasteiger partial charge on any atom is 0.586 e. The van der Waals surface area contributed by atoms with Crippen LogP contribution in [-0.2, 0) is 4.79 Å². The minimum Gasteiger partial charge on any atom is -0.495 e. The molecule has 0 atom stereocenters. The quantitative estimate of drug-likeness (QED) is 0.550. The van der Waals surface area contributed by atoms with E-state index in [2.05, 4.69) is 14.8 Å². The molecule has 1 aliphatic carbocycles. The number of aliphatic carboxylic acids is 1. The summed E-state index contributed by atoms with van der Waals surface area (Å²) in [5.74, 6) is -1.63. The molecule has 0 spiro atoms. The Bertz CT molecular complexity index is 1130. The van der Waals surface area contributed by atoms with E-state index in [1.807, 2.05) is 6.92 Å². The molecule has 7 nitrogen and oxygen atoms in total. The SMILES string of the molecule is CCC1CCC(NC(=O)c2cc3c(c(-c4ccc(OC)c(Cl)c4)c2)OC(F)(F)O3)(C(=O)O)CC1. The normalized spacial score (nSPS) is 22.8. The van der Waals surface area contributed by atoms with Crippen molar-refractivity contribution in [3.63, 3.8) is 0 Å². The zero-order valence-corrected chi connectivity index (χ0v) is 19.4. The van der Waals surface area contributed by atoms with Gasteiger partial charge in [-0.05, 0) is 61.4 Å². The first-order valence-electron chi connectivity index (χ1n) is 10.9. The number of nitrogens with one attached hydrogen (secondary N) is 1. The second-order valence-corrected chi connectivity index (χ2v) is 8.97. The predicted octanol–water partition coefficient (Wildman–Crippen LogP) is 5.49. The number of hydrogen-bond acceptors (Lipinski definition) is 5. The molecule has 0 saturated heterocycles. The number of carboxylic acids is 1. The third-order valence-corrected chi connectivity index (χ3v) is 6.82. The van der Waals surface area contributed by atoms with Crippen molar-refractivity contribution >= 4 is 23.5 Å². The first kappa shape index (κ1) is 24.1. The third-order valence-electron chi connectivity index (χ3n) is 6.53. The van der Waals surface area contributed by atoms with Crippen molar-refractivity contribution in [3.05, 3.63) is 40.9 Å². The number of benzene rings is 2. The van der Waals surface area contributed by atoms with Crippen LogP contribution < -0.4 is 19.5 Å². The Kier molecular flexibility index (Phi) is 6.33. The standard InChI is InChI=1S/C24H24ClF2NO6/c1-3-13-6-8-23(9-7-13,22(30)31)28-21(29)15-10-16(14-4-5-18(32-2)17(25)11-14)20-19(12-15)33-24(26,27)34-20/h4-5,10-13H,3,6-9H2,1-2H3,(H,28,29)(H,30,31). The van der Waals surface area contributed by atoms with E-state index in [1.165, 1.54) is 19.2 Å². The van der Waals surface area contributed by atoms with Gasteiger partial charge < -0.3 is 24.6 Å². The van der Waals surface area contributed by atoms with Gasteiger partial charge in [-0.15, -0.1) is 8.78 Å². The zero-order valence-electron chi connectivity index (χ0n) is 18.6. The zero-order chi connectivity index (χ0) is 24.7. The summed E-state index contributed by atoms with van der Waals surface area (Å²) in [6.07, 6.45) is -1.05. The largest absolute Gasteiger partial charge is 0.586 e. The van der Waals surface area contributed by atoms with Crippen molar-refractivity contribution in [1.82, 2.24) is 5.32 Å². The highest BCUT2D eigenvalue weighted by molar-refractivity contribution is 6.32. The van der Waals surface area contributed by atoms with Gasteiger partial charge in [0.05, 0.1) is 12.1 Å². The van der Waals surface area contributed by atoms with Crippen LogP contribution in [0.25, 0.3) is 11.1 Å². The summed E-state index contributed by atoms with van der Waals surface area (Å²) in [4.78, 5) is 25.3. The first-order valence-corrected chi connectivity index (χ1v) is 11.3. The molecule has 0 aromatic heterocycles. The minimum absolute atomic E-state index is 0.0415. The molecule has 0 unspecified atom stereocenters. The second kappa shape index (κ2) is 8.94. The van der Waals surface area contributed by atoms with Gasteiger partial charge in [0, 0.05) is 11.1 Å². The van der Waals surface area contributed by atoms with Crippen LogP contribution in [0.4, 0.5) is 8.78 Å². The number of halogens is 3. The molecule has 1 aliphatic heterocycles. The number of carboxylic acid groups (broad SMARTS) is 1. The smallest absolute Gasteiger partial charge is 0.495 e. The van der Waals surface area contributed by atoms with Crippen molar-refractivity contribution in [2.75, 3.05) is 7.11 Å². The molecule has 1 amide bonds. The van der Waals surface area contributed by atoms with E-state index < -0.39 is 23.7 Å². The molecule has 1 heterocycles. The Morgan fingerprint density at radius 2 is 1.91 bits per heavy atom. The number of ether oxygens (including phenoxy) is 3. The molecule has 0 bridgehead atoms. The van der Waals surface area contributed by atoms with Gasteiger partial charge in [-0.3, -0.25) is 4.79 Å². The average molecular weight is 496 g/mol. The van der Waals surface area contributed by atoms with Gasteiger partial charge in [-0.25, -0.2) is 4.79 Å². The van der Waals surface area contributed by atoms with E-state index in [4.69, 9.17) is 16.3 Å². The summed E-state index contributed by atoms with van der Waals surface area (Å²) in [6.45, 7) is 2.05. The van der Waals surface area contributed by atoms with Crippen molar-refractivity contribution in [1.29, 1.82) is 0 Å². The second-order valence-electron chi connectivity index (χ2n) is 8.56. The van der Waals surface area contributed by atoms with Crippen molar-refractivity contribution < 1.29 is 37.7 Å². The van der Waals surface area contributed by atoms with Gasteiger partial charge in [0.2, 0.25) is 0 Å². The van der Waals surface area contributed by atoms with Crippen LogP contribution >= 0.6 is 11.6 Å². The monoisotopic (exact) mass is 495 g/mol. The average Bonchev–Trinajstić information content (AvgIpc) is 3.12. The van der Waals surface area contributed by atoms with Gasteiger partial charge in [-0.2, -0.15) is 0 Å². The minimum atomic E-state index is -3.91. The Morgan fingerprint density at radius 3 is 2.50 bits per heavy atom. The summed E-state index contributed by atoms with van der Waals surface area (Å²) in [5, 5.41) is 12.8. The van der Waals surface area contributed by atoms with Crippen LogP contribution in [0.5, 0.6) is 17.2 Å².